The summed E-state index contributed by atoms with van der Waals surface area (Å²) in [4.78, 5) is 13.0. The van der Waals surface area contributed by atoms with Crippen LogP contribution in [0.1, 0.15) is 99.8 Å². The van der Waals surface area contributed by atoms with Crippen molar-refractivity contribution in [3.8, 4) is 0 Å². The standard InChI is InChI=1S/C26H54O3Si2/c1-12-15-23(27)26(17-14-19-29-31(10,11)25(5,6)7)20-22(21-26)16-13-18-28-30(8,9)24(2,3)4/h22H,12-21H2,1-11H3. The van der Waals surface area contributed by atoms with Gasteiger partial charge in [0.1, 0.15) is 5.78 Å². The molecule has 0 aromatic heterocycles. The quantitative estimate of drug-likeness (QED) is 0.200. The number of carbonyl (C=O) groups excluding carboxylic acids is 1. The van der Waals surface area contributed by atoms with Gasteiger partial charge in [-0.2, -0.15) is 0 Å². The van der Waals surface area contributed by atoms with E-state index in [-0.39, 0.29) is 15.5 Å². The van der Waals surface area contributed by atoms with E-state index in [0.717, 1.165) is 58.2 Å². The van der Waals surface area contributed by atoms with E-state index in [1.807, 2.05) is 0 Å². The molecule has 0 aliphatic heterocycles. The minimum atomic E-state index is -1.70. The zero-order chi connectivity index (χ0) is 24.1. The van der Waals surface area contributed by atoms with E-state index < -0.39 is 16.6 Å². The van der Waals surface area contributed by atoms with Crippen molar-refractivity contribution >= 4 is 22.4 Å². The summed E-state index contributed by atoms with van der Waals surface area (Å²) in [5, 5.41) is 0.522. The van der Waals surface area contributed by atoms with Crippen LogP contribution in [-0.2, 0) is 13.6 Å². The lowest BCUT2D eigenvalue weighted by Gasteiger charge is -2.47. The molecule has 3 nitrogen and oxygen atoms in total. The molecular weight excluding hydrogens is 416 g/mol. The molecule has 1 fully saturated rings. The lowest BCUT2D eigenvalue weighted by molar-refractivity contribution is -0.138. The van der Waals surface area contributed by atoms with Gasteiger partial charge in [0.25, 0.3) is 0 Å². The smallest absolute Gasteiger partial charge is 0.191 e. The van der Waals surface area contributed by atoms with Crippen LogP contribution in [0.5, 0.6) is 0 Å². The van der Waals surface area contributed by atoms with Crippen molar-refractivity contribution in [3.63, 3.8) is 0 Å². The molecule has 31 heavy (non-hydrogen) atoms. The Balaban J connectivity index is 2.48. The summed E-state index contributed by atoms with van der Waals surface area (Å²) in [5.41, 5.74) is -0.0578. The molecule has 0 saturated heterocycles. The van der Waals surface area contributed by atoms with Crippen LogP contribution in [0.2, 0.25) is 36.3 Å². The van der Waals surface area contributed by atoms with Gasteiger partial charge in [-0.15, -0.1) is 0 Å². The molecule has 1 rings (SSSR count). The van der Waals surface area contributed by atoms with Crippen molar-refractivity contribution in [2.75, 3.05) is 13.2 Å². The molecule has 0 atom stereocenters. The summed E-state index contributed by atoms with van der Waals surface area (Å²) in [6.07, 6.45) is 8.24. The normalized spacial score (nSPS) is 23.0. The van der Waals surface area contributed by atoms with Gasteiger partial charge in [-0.3, -0.25) is 4.79 Å². The number of hydrogen-bond acceptors (Lipinski definition) is 3. The van der Waals surface area contributed by atoms with Crippen molar-refractivity contribution in [2.45, 2.75) is 136 Å². The molecule has 0 spiro atoms. The number of ketones is 1. The third-order valence-electron chi connectivity index (χ3n) is 8.52. The molecule has 184 valence electrons. The van der Waals surface area contributed by atoms with E-state index in [9.17, 15) is 4.79 Å². The SMILES string of the molecule is CCCC(=O)C1(CCCO[Si](C)(C)C(C)(C)C)CC(CCCO[Si](C)(C)C(C)(C)C)C1. The minimum absolute atomic E-state index is 0.0578. The van der Waals surface area contributed by atoms with Crippen LogP contribution >= 0.6 is 0 Å². The summed E-state index contributed by atoms with van der Waals surface area (Å²) >= 11 is 0. The summed E-state index contributed by atoms with van der Waals surface area (Å²) in [5.74, 6) is 1.21. The summed E-state index contributed by atoms with van der Waals surface area (Å²) in [7, 11) is -3.34. The predicted octanol–water partition coefficient (Wildman–Crippen LogP) is 8.36. The van der Waals surface area contributed by atoms with Crippen molar-refractivity contribution in [1.82, 2.24) is 0 Å². The minimum Gasteiger partial charge on any atom is -0.417 e. The predicted molar refractivity (Wildman–Crippen MR) is 140 cm³/mol. The number of hydrogen-bond donors (Lipinski definition) is 0. The highest BCUT2D eigenvalue weighted by Gasteiger charge is 2.48. The van der Waals surface area contributed by atoms with Crippen LogP contribution in [0.4, 0.5) is 0 Å². The first-order chi connectivity index (χ1) is 14.0. The van der Waals surface area contributed by atoms with Gasteiger partial charge in [0.15, 0.2) is 16.6 Å². The molecule has 0 aromatic carbocycles. The molecule has 5 heteroatoms. The number of carbonyl (C=O) groups is 1. The zero-order valence-electron chi connectivity index (χ0n) is 22.9. The topological polar surface area (TPSA) is 35.5 Å². The fraction of sp³-hybridized carbons (Fsp3) is 0.962. The fourth-order valence-electron chi connectivity index (χ4n) is 4.18. The number of rotatable bonds is 13. The lowest BCUT2D eigenvalue weighted by atomic mass is 9.56. The Morgan fingerprint density at radius 2 is 1.32 bits per heavy atom. The average molecular weight is 471 g/mol. The van der Waals surface area contributed by atoms with Gasteiger partial charge in [-0.1, -0.05) is 48.5 Å². The van der Waals surface area contributed by atoms with Crippen LogP contribution in [0.25, 0.3) is 0 Å². The summed E-state index contributed by atoms with van der Waals surface area (Å²) < 4.78 is 12.7. The highest BCUT2D eigenvalue weighted by Crippen LogP contribution is 2.52. The molecule has 0 heterocycles. The van der Waals surface area contributed by atoms with Crippen molar-refractivity contribution < 1.29 is 13.6 Å². The van der Waals surface area contributed by atoms with E-state index in [0.29, 0.717) is 11.7 Å². The van der Waals surface area contributed by atoms with Crippen LogP contribution < -0.4 is 0 Å². The lowest BCUT2D eigenvalue weighted by Crippen LogP contribution is -2.45. The van der Waals surface area contributed by atoms with Gasteiger partial charge in [0, 0.05) is 25.0 Å². The first kappa shape index (κ1) is 29.1. The van der Waals surface area contributed by atoms with Gasteiger partial charge in [-0.25, -0.2) is 0 Å². The maximum absolute atomic E-state index is 13.0. The van der Waals surface area contributed by atoms with Gasteiger partial charge >= 0.3 is 0 Å². The molecule has 0 N–H and O–H groups in total. The molecule has 1 aliphatic carbocycles. The third-order valence-corrected chi connectivity index (χ3v) is 17.6. The largest absolute Gasteiger partial charge is 0.417 e. The average Bonchev–Trinajstić information content (AvgIpc) is 2.56. The Bertz CT molecular complexity index is 564. The molecule has 0 bridgehead atoms. The van der Waals surface area contributed by atoms with Gasteiger partial charge in [-0.05, 0) is 87.1 Å². The Morgan fingerprint density at radius 1 is 0.871 bits per heavy atom. The molecule has 0 unspecified atom stereocenters. The van der Waals surface area contributed by atoms with Crippen LogP contribution in [0.15, 0.2) is 0 Å². The summed E-state index contributed by atoms with van der Waals surface area (Å²) in [6.45, 7) is 26.9. The molecule has 0 radical (unpaired) electrons. The monoisotopic (exact) mass is 470 g/mol. The first-order valence-corrected chi connectivity index (χ1v) is 18.6. The van der Waals surface area contributed by atoms with Gasteiger partial charge < -0.3 is 8.85 Å². The first-order valence-electron chi connectivity index (χ1n) is 12.8. The van der Waals surface area contributed by atoms with Crippen molar-refractivity contribution in [2.24, 2.45) is 11.3 Å². The highest BCUT2D eigenvalue weighted by molar-refractivity contribution is 6.74. The second-order valence-electron chi connectivity index (χ2n) is 13.2. The maximum Gasteiger partial charge on any atom is 0.191 e. The maximum atomic E-state index is 13.0. The molecule has 1 aliphatic rings. The van der Waals surface area contributed by atoms with Crippen molar-refractivity contribution in [1.29, 1.82) is 0 Å². The third kappa shape index (κ3) is 8.08. The second kappa shape index (κ2) is 11.0. The van der Waals surface area contributed by atoms with Crippen LogP contribution in [0, 0.1) is 11.3 Å². The fourth-order valence-corrected chi connectivity index (χ4v) is 6.36. The number of Topliss-reactive ketones (excluding diaryl/α,β-unsaturated/α-hetero) is 1. The van der Waals surface area contributed by atoms with Gasteiger partial charge in [0.05, 0.1) is 0 Å². The van der Waals surface area contributed by atoms with E-state index in [4.69, 9.17) is 8.85 Å². The Morgan fingerprint density at radius 3 is 1.74 bits per heavy atom. The summed E-state index contributed by atoms with van der Waals surface area (Å²) in [6, 6.07) is 0. The van der Waals surface area contributed by atoms with Gasteiger partial charge in [0.2, 0.25) is 0 Å². The molecule has 0 amide bonds. The molecule has 0 aromatic rings. The zero-order valence-corrected chi connectivity index (χ0v) is 24.9. The van der Waals surface area contributed by atoms with E-state index >= 15 is 0 Å². The highest BCUT2D eigenvalue weighted by atomic mass is 28.4. The second-order valence-corrected chi connectivity index (χ2v) is 22.8. The Kier molecular flexibility index (Phi) is 10.3. The molecule has 1 saturated carbocycles. The molecular formula is C26H54O3Si2. The van der Waals surface area contributed by atoms with E-state index in [1.54, 1.807) is 0 Å². The van der Waals surface area contributed by atoms with Crippen molar-refractivity contribution in [3.05, 3.63) is 0 Å². The Labute approximate surface area is 196 Å². The Hall–Kier alpha value is 0.0238. The van der Waals surface area contributed by atoms with Crippen LogP contribution in [0.3, 0.4) is 0 Å². The van der Waals surface area contributed by atoms with E-state index in [1.165, 1.54) is 6.42 Å². The van der Waals surface area contributed by atoms with E-state index in [2.05, 4.69) is 74.7 Å². The van der Waals surface area contributed by atoms with Crippen LogP contribution in [-0.4, -0.2) is 35.6 Å².